The van der Waals surface area contributed by atoms with Gasteiger partial charge in [0.25, 0.3) is 0 Å². The van der Waals surface area contributed by atoms with Crippen molar-refractivity contribution < 1.29 is 9.13 Å². The molecule has 0 aliphatic rings. The van der Waals surface area contributed by atoms with E-state index >= 15 is 0 Å². The summed E-state index contributed by atoms with van der Waals surface area (Å²) >= 11 is 0. The summed E-state index contributed by atoms with van der Waals surface area (Å²) in [6.45, 7) is 4.16. The van der Waals surface area contributed by atoms with Crippen LogP contribution in [-0.2, 0) is 11.3 Å². The Labute approximate surface area is 155 Å². The Morgan fingerprint density at radius 1 is 1.22 bits per heavy atom. The van der Waals surface area contributed by atoms with Gasteiger partial charge in [-0.15, -0.1) is 24.0 Å². The monoisotopic (exact) mass is 438 g/mol. The standard InChI is InChI=1S/C16H27FN4O.HI/c1-18-16(19-9-11-21(2)10-4-12-22-3)20-13-14-5-7-15(17)8-6-14;/h5-8H,4,9-13H2,1-3H3,(H2,18,19,20);1H. The van der Waals surface area contributed by atoms with Gasteiger partial charge in [0.05, 0.1) is 0 Å². The summed E-state index contributed by atoms with van der Waals surface area (Å²) in [4.78, 5) is 6.42. The van der Waals surface area contributed by atoms with E-state index in [1.165, 1.54) is 12.1 Å². The van der Waals surface area contributed by atoms with E-state index in [0.29, 0.717) is 6.54 Å². The molecule has 0 radical (unpaired) electrons. The average molecular weight is 438 g/mol. The maximum absolute atomic E-state index is 12.8. The molecule has 0 unspecified atom stereocenters. The lowest BCUT2D eigenvalue weighted by Gasteiger charge is -2.18. The number of methoxy groups -OCH3 is 1. The molecule has 0 aromatic heterocycles. The fourth-order valence-corrected chi connectivity index (χ4v) is 1.96. The van der Waals surface area contributed by atoms with Gasteiger partial charge in [-0.1, -0.05) is 12.1 Å². The second-order valence-corrected chi connectivity index (χ2v) is 5.13. The molecule has 2 N–H and O–H groups in total. The summed E-state index contributed by atoms with van der Waals surface area (Å²) in [5, 5.41) is 6.47. The van der Waals surface area contributed by atoms with Crippen molar-refractivity contribution in [2.45, 2.75) is 13.0 Å². The maximum atomic E-state index is 12.8. The predicted octanol–water partition coefficient (Wildman–Crippen LogP) is 2.08. The molecule has 0 aliphatic heterocycles. The van der Waals surface area contributed by atoms with Crippen molar-refractivity contribution >= 4 is 29.9 Å². The number of aliphatic imine (C=N–C) groups is 1. The van der Waals surface area contributed by atoms with E-state index in [2.05, 4.69) is 27.6 Å². The van der Waals surface area contributed by atoms with Crippen molar-refractivity contribution in [1.82, 2.24) is 15.5 Å². The number of nitrogens with zero attached hydrogens (tertiary/aromatic N) is 2. The van der Waals surface area contributed by atoms with Crippen LogP contribution in [0.15, 0.2) is 29.3 Å². The molecular formula is C16H28FIN4O. The van der Waals surface area contributed by atoms with E-state index in [-0.39, 0.29) is 29.8 Å². The first-order valence-electron chi connectivity index (χ1n) is 7.52. The number of rotatable bonds is 9. The van der Waals surface area contributed by atoms with Crippen LogP contribution in [0.25, 0.3) is 0 Å². The number of halogens is 2. The van der Waals surface area contributed by atoms with Gasteiger partial charge in [0.15, 0.2) is 5.96 Å². The molecule has 0 saturated carbocycles. The summed E-state index contributed by atoms with van der Waals surface area (Å²) in [7, 11) is 5.55. The van der Waals surface area contributed by atoms with Gasteiger partial charge in [-0.05, 0) is 31.2 Å². The third-order valence-corrected chi connectivity index (χ3v) is 3.27. The SMILES string of the molecule is CN=C(NCCN(C)CCCOC)NCc1ccc(F)cc1.I. The number of guanidine groups is 1. The number of ether oxygens (including phenoxy) is 1. The van der Waals surface area contributed by atoms with E-state index in [1.54, 1.807) is 26.3 Å². The summed E-state index contributed by atoms with van der Waals surface area (Å²) in [6, 6.07) is 6.45. The Morgan fingerprint density at radius 3 is 2.52 bits per heavy atom. The van der Waals surface area contributed by atoms with Gasteiger partial charge < -0.3 is 20.3 Å². The van der Waals surface area contributed by atoms with Crippen LogP contribution in [0.4, 0.5) is 4.39 Å². The number of benzene rings is 1. The highest BCUT2D eigenvalue weighted by Gasteiger charge is 2.01. The Morgan fingerprint density at radius 2 is 1.91 bits per heavy atom. The molecule has 0 amide bonds. The second kappa shape index (κ2) is 13.5. The van der Waals surface area contributed by atoms with Gasteiger partial charge in [-0.2, -0.15) is 0 Å². The van der Waals surface area contributed by atoms with Crippen LogP contribution in [-0.4, -0.2) is 58.3 Å². The summed E-state index contributed by atoms with van der Waals surface area (Å²) in [5.41, 5.74) is 1.01. The molecule has 1 aromatic carbocycles. The zero-order valence-electron chi connectivity index (χ0n) is 14.1. The van der Waals surface area contributed by atoms with Crippen molar-refractivity contribution in [2.24, 2.45) is 4.99 Å². The zero-order valence-corrected chi connectivity index (χ0v) is 16.5. The van der Waals surface area contributed by atoms with Crippen LogP contribution < -0.4 is 10.6 Å². The van der Waals surface area contributed by atoms with E-state index in [9.17, 15) is 4.39 Å². The van der Waals surface area contributed by atoms with Gasteiger partial charge in [-0.3, -0.25) is 4.99 Å². The number of likely N-dealkylation sites (N-methyl/N-ethyl adjacent to an activating group) is 1. The van der Waals surface area contributed by atoms with E-state index in [1.807, 2.05) is 0 Å². The van der Waals surface area contributed by atoms with Crippen molar-refractivity contribution in [3.8, 4) is 0 Å². The van der Waals surface area contributed by atoms with Crippen molar-refractivity contribution in [2.75, 3.05) is 47.4 Å². The third kappa shape index (κ3) is 10.5. The highest BCUT2D eigenvalue weighted by Crippen LogP contribution is 2.01. The molecule has 1 rings (SSSR count). The largest absolute Gasteiger partial charge is 0.385 e. The quantitative estimate of drug-likeness (QED) is 0.268. The Balaban J connectivity index is 0.00000484. The van der Waals surface area contributed by atoms with E-state index in [0.717, 1.165) is 44.2 Å². The number of hydrogen-bond acceptors (Lipinski definition) is 3. The molecule has 0 heterocycles. The highest BCUT2D eigenvalue weighted by molar-refractivity contribution is 14.0. The molecule has 0 fully saturated rings. The summed E-state index contributed by atoms with van der Waals surface area (Å²) in [6.07, 6.45) is 1.03. The molecule has 5 nitrogen and oxygen atoms in total. The normalized spacial score (nSPS) is 11.3. The molecular weight excluding hydrogens is 410 g/mol. The fraction of sp³-hybridized carbons (Fsp3) is 0.562. The minimum absolute atomic E-state index is 0. The van der Waals surface area contributed by atoms with Gasteiger partial charge in [-0.25, -0.2) is 4.39 Å². The minimum Gasteiger partial charge on any atom is -0.385 e. The molecule has 0 aliphatic carbocycles. The second-order valence-electron chi connectivity index (χ2n) is 5.13. The predicted molar refractivity (Wildman–Crippen MR) is 104 cm³/mol. The molecule has 23 heavy (non-hydrogen) atoms. The summed E-state index contributed by atoms with van der Waals surface area (Å²) < 4.78 is 17.9. The van der Waals surface area contributed by atoms with Crippen LogP contribution in [0, 0.1) is 5.82 Å². The molecule has 132 valence electrons. The maximum Gasteiger partial charge on any atom is 0.191 e. The van der Waals surface area contributed by atoms with Gasteiger partial charge >= 0.3 is 0 Å². The van der Waals surface area contributed by atoms with E-state index in [4.69, 9.17) is 4.74 Å². The number of nitrogens with one attached hydrogen (secondary N) is 2. The van der Waals surface area contributed by atoms with Crippen LogP contribution in [0.3, 0.4) is 0 Å². The topological polar surface area (TPSA) is 48.9 Å². The van der Waals surface area contributed by atoms with Crippen LogP contribution >= 0.6 is 24.0 Å². The lowest BCUT2D eigenvalue weighted by atomic mass is 10.2. The Kier molecular flexibility index (Phi) is 13.0. The highest BCUT2D eigenvalue weighted by atomic mass is 127. The Hall–Kier alpha value is -0.930. The minimum atomic E-state index is -0.220. The van der Waals surface area contributed by atoms with Gasteiger partial charge in [0, 0.05) is 46.9 Å². The molecule has 0 atom stereocenters. The van der Waals surface area contributed by atoms with Crippen molar-refractivity contribution in [1.29, 1.82) is 0 Å². The van der Waals surface area contributed by atoms with Crippen molar-refractivity contribution in [3.05, 3.63) is 35.6 Å². The zero-order chi connectivity index (χ0) is 16.2. The molecule has 7 heteroatoms. The lowest BCUT2D eigenvalue weighted by molar-refractivity contribution is 0.180. The molecule has 1 aromatic rings. The first-order valence-corrected chi connectivity index (χ1v) is 7.52. The Bertz CT molecular complexity index is 442. The fourth-order valence-electron chi connectivity index (χ4n) is 1.96. The van der Waals surface area contributed by atoms with Crippen LogP contribution in [0.1, 0.15) is 12.0 Å². The summed E-state index contributed by atoms with van der Waals surface area (Å²) in [5.74, 6) is 0.525. The van der Waals surface area contributed by atoms with Crippen LogP contribution in [0.2, 0.25) is 0 Å². The van der Waals surface area contributed by atoms with Gasteiger partial charge in [0.2, 0.25) is 0 Å². The average Bonchev–Trinajstić information content (AvgIpc) is 2.52. The third-order valence-electron chi connectivity index (χ3n) is 3.27. The lowest BCUT2D eigenvalue weighted by Crippen LogP contribution is -2.40. The first kappa shape index (κ1) is 22.1. The number of hydrogen-bond donors (Lipinski definition) is 2. The molecule has 0 spiro atoms. The smallest absolute Gasteiger partial charge is 0.191 e. The molecule has 0 saturated heterocycles. The van der Waals surface area contributed by atoms with Gasteiger partial charge in [0.1, 0.15) is 5.82 Å². The van der Waals surface area contributed by atoms with Crippen LogP contribution in [0.5, 0.6) is 0 Å². The van der Waals surface area contributed by atoms with Crippen molar-refractivity contribution in [3.63, 3.8) is 0 Å². The first-order chi connectivity index (χ1) is 10.7. The molecule has 0 bridgehead atoms. The van der Waals surface area contributed by atoms with E-state index < -0.39 is 0 Å².